The molecule has 0 aliphatic heterocycles. The summed E-state index contributed by atoms with van der Waals surface area (Å²) in [6.07, 6.45) is 1.73. The van der Waals surface area contributed by atoms with Crippen LogP contribution in [0.5, 0.6) is 0 Å². The molecule has 0 radical (unpaired) electrons. The molecule has 3 N–H and O–H groups in total. The zero-order chi connectivity index (χ0) is 14.8. The summed E-state index contributed by atoms with van der Waals surface area (Å²) in [4.78, 5) is 8.90. The Labute approximate surface area is 123 Å². The van der Waals surface area contributed by atoms with Gasteiger partial charge in [-0.1, -0.05) is 6.07 Å². The molecule has 2 heterocycles. The van der Waals surface area contributed by atoms with Crippen LogP contribution in [-0.2, 0) is 0 Å². The van der Waals surface area contributed by atoms with Gasteiger partial charge in [-0.15, -0.1) is 0 Å². The number of aromatic amines is 1. The summed E-state index contributed by atoms with van der Waals surface area (Å²) in [6.45, 7) is 6.97. The first-order valence-electron chi connectivity index (χ1n) is 6.96. The van der Waals surface area contributed by atoms with Crippen LogP contribution in [0.3, 0.4) is 0 Å². The second kappa shape index (κ2) is 5.40. The topological polar surface area (TPSA) is 78.5 Å². The second-order valence-corrected chi connectivity index (χ2v) is 4.98. The number of anilines is 3. The van der Waals surface area contributed by atoms with Gasteiger partial charge in [-0.3, -0.25) is 5.10 Å². The molecule has 6 nitrogen and oxygen atoms in total. The molecule has 0 fully saturated rings. The lowest BCUT2D eigenvalue weighted by molar-refractivity contribution is 1.07. The van der Waals surface area contributed by atoms with Crippen molar-refractivity contribution in [1.82, 2.24) is 20.2 Å². The number of nitrogens with one attached hydrogen (secondary N) is 3. The third-order valence-corrected chi connectivity index (χ3v) is 3.41. The molecule has 0 saturated carbocycles. The van der Waals surface area contributed by atoms with Crippen molar-refractivity contribution in [2.45, 2.75) is 20.8 Å². The van der Waals surface area contributed by atoms with E-state index in [2.05, 4.69) is 56.8 Å². The van der Waals surface area contributed by atoms with Crippen LogP contribution in [0.1, 0.15) is 18.1 Å². The number of benzene rings is 1. The van der Waals surface area contributed by atoms with Gasteiger partial charge < -0.3 is 10.6 Å². The molecular weight excluding hydrogens is 264 g/mol. The lowest BCUT2D eigenvalue weighted by Crippen LogP contribution is -2.05. The Balaban J connectivity index is 2.01. The van der Waals surface area contributed by atoms with Crippen molar-refractivity contribution in [2.75, 3.05) is 17.2 Å². The smallest absolute Gasteiger partial charge is 0.226 e. The minimum absolute atomic E-state index is 0.584. The SMILES string of the molecule is CCNc1nc(Nc2ccc(C)c(C)c2)c2cn[nH]c2n1. The van der Waals surface area contributed by atoms with E-state index in [1.54, 1.807) is 6.20 Å². The Hall–Kier alpha value is -2.63. The number of H-pyrrole nitrogens is 1. The van der Waals surface area contributed by atoms with Gasteiger partial charge in [0.15, 0.2) is 5.65 Å². The van der Waals surface area contributed by atoms with E-state index in [9.17, 15) is 0 Å². The fourth-order valence-corrected chi connectivity index (χ4v) is 2.12. The average Bonchev–Trinajstić information content (AvgIpc) is 2.92. The van der Waals surface area contributed by atoms with E-state index >= 15 is 0 Å². The average molecular weight is 282 g/mol. The van der Waals surface area contributed by atoms with E-state index in [4.69, 9.17) is 0 Å². The highest BCUT2D eigenvalue weighted by molar-refractivity contribution is 5.89. The Morgan fingerprint density at radius 1 is 1.14 bits per heavy atom. The number of rotatable bonds is 4. The van der Waals surface area contributed by atoms with Crippen molar-refractivity contribution in [3.8, 4) is 0 Å². The van der Waals surface area contributed by atoms with Gasteiger partial charge >= 0.3 is 0 Å². The molecule has 6 heteroatoms. The quantitative estimate of drug-likeness (QED) is 0.685. The molecule has 21 heavy (non-hydrogen) atoms. The molecule has 2 aromatic heterocycles. The van der Waals surface area contributed by atoms with Gasteiger partial charge in [0.1, 0.15) is 5.82 Å². The molecule has 0 spiro atoms. The second-order valence-electron chi connectivity index (χ2n) is 4.98. The van der Waals surface area contributed by atoms with Crippen LogP contribution in [0.2, 0.25) is 0 Å². The minimum Gasteiger partial charge on any atom is -0.354 e. The first-order valence-corrected chi connectivity index (χ1v) is 6.96. The maximum Gasteiger partial charge on any atom is 0.226 e. The van der Waals surface area contributed by atoms with Gasteiger partial charge in [0.05, 0.1) is 11.6 Å². The molecule has 0 aliphatic carbocycles. The Kier molecular flexibility index (Phi) is 3.43. The standard InChI is InChI=1S/C15H18N6/c1-4-16-15-19-13(12-8-17-21-14(12)20-15)18-11-6-5-9(2)10(3)7-11/h5-8H,4H2,1-3H3,(H3,16,17,18,19,20,21). The fourth-order valence-electron chi connectivity index (χ4n) is 2.12. The minimum atomic E-state index is 0.584. The third-order valence-electron chi connectivity index (χ3n) is 3.41. The van der Waals surface area contributed by atoms with Crippen molar-refractivity contribution >= 4 is 28.5 Å². The maximum atomic E-state index is 4.52. The van der Waals surface area contributed by atoms with Crippen LogP contribution < -0.4 is 10.6 Å². The number of hydrogen-bond donors (Lipinski definition) is 3. The van der Waals surface area contributed by atoms with Crippen LogP contribution in [0.15, 0.2) is 24.4 Å². The van der Waals surface area contributed by atoms with Crippen LogP contribution >= 0.6 is 0 Å². The van der Waals surface area contributed by atoms with Crippen molar-refractivity contribution in [3.05, 3.63) is 35.5 Å². The van der Waals surface area contributed by atoms with E-state index < -0.39 is 0 Å². The summed E-state index contributed by atoms with van der Waals surface area (Å²) in [5.41, 5.74) is 4.23. The molecule has 108 valence electrons. The van der Waals surface area contributed by atoms with Crippen LogP contribution in [0.25, 0.3) is 11.0 Å². The molecule has 0 amide bonds. The Morgan fingerprint density at radius 2 is 2.00 bits per heavy atom. The van der Waals surface area contributed by atoms with Crippen molar-refractivity contribution < 1.29 is 0 Å². The first-order chi connectivity index (χ1) is 10.2. The lowest BCUT2D eigenvalue weighted by atomic mass is 10.1. The van der Waals surface area contributed by atoms with Crippen molar-refractivity contribution in [2.24, 2.45) is 0 Å². The molecule has 1 aromatic carbocycles. The fraction of sp³-hybridized carbons (Fsp3) is 0.267. The van der Waals surface area contributed by atoms with Crippen LogP contribution in [0, 0.1) is 13.8 Å². The summed E-state index contributed by atoms with van der Waals surface area (Å²) in [7, 11) is 0. The van der Waals surface area contributed by atoms with E-state index in [0.29, 0.717) is 11.6 Å². The number of aryl methyl sites for hydroxylation is 2. The molecule has 3 aromatic rings. The molecule has 0 aliphatic rings. The highest BCUT2D eigenvalue weighted by atomic mass is 15.2. The van der Waals surface area contributed by atoms with Gasteiger partial charge in [0, 0.05) is 12.2 Å². The Bertz CT molecular complexity index is 777. The zero-order valence-corrected chi connectivity index (χ0v) is 12.4. The lowest BCUT2D eigenvalue weighted by Gasteiger charge is -2.10. The highest BCUT2D eigenvalue weighted by Gasteiger charge is 2.09. The third kappa shape index (κ3) is 2.65. The van der Waals surface area contributed by atoms with E-state index in [-0.39, 0.29) is 0 Å². The summed E-state index contributed by atoms with van der Waals surface area (Å²) >= 11 is 0. The van der Waals surface area contributed by atoms with E-state index in [0.717, 1.165) is 23.4 Å². The predicted molar refractivity (Wildman–Crippen MR) is 85.0 cm³/mol. The van der Waals surface area contributed by atoms with Gasteiger partial charge in [0.2, 0.25) is 5.95 Å². The molecular formula is C15H18N6. The first kappa shape index (κ1) is 13.4. The maximum absolute atomic E-state index is 4.52. The number of hydrogen-bond acceptors (Lipinski definition) is 5. The number of aromatic nitrogens is 4. The molecule has 3 rings (SSSR count). The zero-order valence-electron chi connectivity index (χ0n) is 12.4. The summed E-state index contributed by atoms with van der Waals surface area (Å²) in [6, 6.07) is 6.25. The number of nitrogens with zero attached hydrogens (tertiary/aromatic N) is 3. The van der Waals surface area contributed by atoms with E-state index in [1.165, 1.54) is 11.1 Å². The normalized spacial score (nSPS) is 10.8. The summed E-state index contributed by atoms with van der Waals surface area (Å²) in [5.74, 6) is 1.33. The molecule has 0 bridgehead atoms. The molecule has 0 atom stereocenters. The van der Waals surface area contributed by atoms with Crippen LogP contribution in [-0.4, -0.2) is 26.7 Å². The highest BCUT2D eigenvalue weighted by Crippen LogP contribution is 2.24. The largest absolute Gasteiger partial charge is 0.354 e. The van der Waals surface area contributed by atoms with E-state index in [1.807, 2.05) is 13.0 Å². The van der Waals surface area contributed by atoms with Gasteiger partial charge in [-0.25, -0.2) is 0 Å². The summed E-state index contributed by atoms with van der Waals surface area (Å²) < 4.78 is 0. The van der Waals surface area contributed by atoms with Crippen LogP contribution in [0.4, 0.5) is 17.5 Å². The summed E-state index contributed by atoms with van der Waals surface area (Å²) in [5, 5.41) is 14.3. The van der Waals surface area contributed by atoms with Gasteiger partial charge in [0.25, 0.3) is 0 Å². The van der Waals surface area contributed by atoms with Gasteiger partial charge in [-0.2, -0.15) is 15.1 Å². The predicted octanol–water partition coefficient (Wildman–Crippen LogP) is 3.15. The van der Waals surface area contributed by atoms with Gasteiger partial charge in [-0.05, 0) is 44.0 Å². The molecule has 0 unspecified atom stereocenters. The number of fused-ring (bicyclic) bond motifs is 1. The van der Waals surface area contributed by atoms with Crippen molar-refractivity contribution in [3.63, 3.8) is 0 Å². The van der Waals surface area contributed by atoms with Crippen molar-refractivity contribution in [1.29, 1.82) is 0 Å². The molecule has 0 saturated heterocycles. The Morgan fingerprint density at radius 3 is 2.76 bits per heavy atom. The monoisotopic (exact) mass is 282 g/mol.